The lowest BCUT2D eigenvalue weighted by Crippen LogP contribution is -1.95. The minimum absolute atomic E-state index is 0.617. The van der Waals surface area contributed by atoms with E-state index in [1.165, 1.54) is 0 Å². The van der Waals surface area contributed by atoms with Gasteiger partial charge >= 0.3 is 0 Å². The molecule has 3 aromatic heterocycles. The molecule has 0 aliphatic carbocycles. The van der Waals surface area contributed by atoms with Gasteiger partial charge in [-0.05, 0) is 25.1 Å². The fourth-order valence-corrected chi connectivity index (χ4v) is 1.64. The predicted molar refractivity (Wildman–Crippen MR) is 58.8 cm³/mol. The van der Waals surface area contributed by atoms with Gasteiger partial charge < -0.3 is 0 Å². The Kier molecular flexibility index (Phi) is 1.89. The second kappa shape index (κ2) is 3.37. The second-order valence-electron chi connectivity index (χ2n) is 3.44. The average molecular weight is 211 g/mol. The smallest absolute Gasteiger partial charge is 0.252 e. The van der Waals surface area contributed by atoms with E-state index in [1.807, 2.05) is 25.1 Å². The molecule has 0 amide bonds. The number of aryl methyl sites for hydroxylation is 1. The third-order valence-corrected chi connectivity index (χ3v) is 2.32. The summed E-state index contributed by atoms with van der Waals surface area (Å²) in [6, 6.07) is 5.79. The first-order valence-corrected chi connectivity index (χ1v) is 4.93. The first-order chi connectivity index (χ1) is 7.84. The van der Waals surface area contributed by atoms with E-state index in [0.29, 0.717) is 11.6 Å². The molecule has 0 bridgehead atoms. The molecule has 3 rings (SSSR count). The van der Waals surface area contributed by atoms with Gasteiger partial charge in [-0.15, -0.1) is 5.10 Å². The van der Waals surface area contributed by atoms with Gasteiger partial charge in [0.15, 0.2) is 0 Å². The van der Waals surface area contributed by atoms with Gasteiger partial charge in [-0.2, -0.15) is 9.50 Å². The molecule has 0 N–H and O–H groups in total. The normalized spacial score (nSPS) is 10.8. The van der Waals surface area contributed by atoms with Crippen molar-refractivity contribution in [2.24, 2.45) is 0 Å². The summed E-state index contributed by atoms with van der Waals surface area (Å²) in [6.07, 6.45) is 5.25. The average Bonchev–Trinajstić information content (AvgIpc) is 2.70. The highest BCUT2D eigenvalue weighted by atomic mass is 15.3. The molecule has 0 radical (unpaired) electrons. The number of nitrogens with zero attached hydrogens (tertiary/aromatic N) is 5. The highest BCUT2D eigenvalue weighted by Gasteiger charge is 2.06. The Morgan fingerprint density at radius 3 is 2.69 bits per heavy atom. The molecule has 0 aromatic carbocycles. The van der Waals surface area contributed by atoms with Gasteiger partial charge in [-0.3, -0.25) is 4.98 Å². The van der Waals surface area contributed by atoms with Crippen LogP contribution in [0.5, 0.6) is 0 Å². The minimum Gasteiger partial charge on any atom is -0.265 e. The number of aromatic nitrogens is 5. The molecule has 3 aromatic rings. The van der Waals surface area contributed by atoms with Crippen LogP contribution >= 0.6 is 0 Å². The third-order valence-electron chi connectivity index (χ3n) is 2.32. The number of rotatable bonds is 1. The van der Waals surface area contributed by atoms with Crippen molar-refractivity contribution in [3.05, 3.63) is 42.6 Å². The first-order valence-electron chi connectivity index (χ1n) is 4.93. The van der Waals surface area contributed by atoms with E-state index in [1.54, 1.807) is 23.1 Å². The summed E-state index contributed by atoms with van der Waals surface area (Å²) in [5.41, 5.74) is 2.01. The third kappa shape index (κ3) is 1.33. The number of fused-ring (bicyclic) bond motifs is 1. The zero-order valence-corrected chi connectivity index (χ0v) is 8.70. The maximum atomic E-state index is 4.31. The van der Waals surface area contributed by atoms with Gasteiger partial charge in [-0.1, -0.05) is 0 Å². The van der Waals surface area contributed by atoms with Crippen molar-refractivity contribution in [3.63, 3.8) is 0 Å². The number of hydrogen-bond acceptors (Lipinski definition) is 4. The predicted octanol–water partition coefficient (Wildman–Crippen LogP) is 1.49. The zero-order valence-electron chi connectivity index (χ0n) is 8.70. The Morgan fingerprint density at radius 1 is 1.06 bits per heavy atom. The van der Waals surface area contributed by atoms with Crippen LogP contribution in [0.1, 0.15) is 5.82 Å². The van der Waals surface area contributed by atoms with Crippen molar-refractivity contribution in [2.45, 2.75) is 6.92 Å². The van der Waals surface area contributed by atoms with Gasteiger partial charge in [0, 0.05) is 24.2 Å². The van der Waals surface area contributed by atoms with E-state index in [4.69, 9.17) is 0 Å². The lowest BCUT2D eigenvalue weighted by atomic mass is 10.2. The van der Waals surface area contributed by atoms with E-state index in [0.717, 1.165) is 11.3 Å². The lowest BCUT2D eigenvalue weighted by Gasteiger charge is -2.02. The molecule has 0 unspecified atom stereocenters. The SMILES string of the molecule is Cc1nc2nccc(-c3ccncc3)n2n1. The van der Waals surface area contributed by atoms with Gasteiger partial charge in [0.1, 0.15) is 5.82 Å². The molecule has 0 fully saturated rings. The molecule has 0 saturated heterocycles. The Hall–Kier alpha value is -2.30. The highest BCUT2D eigenvalue weighted by molar-refractivity contribution is 5.60. The van der Waals surface area contributed by atoms with Crippen LogP contribution in [0.3, 0.4) is 0 Å². The quantitative estimate of drug-likeness (QED) is 0.612. The van der Waals surface area contributed by atoms with Crippen molar-refractivity contribution in [1.29, 1.82) is 0 Å². The lowest BCUT2D eigenvalue weighted by molar-refractivity contribution is 0.923. The largest absolute Gasteiger partial charge is 0.265 e. The van der Waals surface area contributed by atoms with E-state index >= 15 is 0 Å². The molecular weight excluding hydrogens is 202 g/mol. The summed E-state index contributed by atoms with van der Waals surface area (Å²) < 4.78 is 1.74. The maximum Gasteiger partial charge on any atom is 0.252 e. The summed E-state index contributed by atoms with van der Waals surface area (Å²) in [5.74, 6) is 1.33. The van der Waals surface area contributed by atoms with E-state index in [-0.39, 0.29) is 0 Å². The van der Waals surface area contributed by atoms with Crippen molar-refractivity contribution < 1.29 is 0 Å². The van der Waals surface area contributed by atoms with Crippen LogP contribution in [-0.2, 0) is 0 Å². The van der Waals surface area contributed by atoms with Gasteiger partial charge in [0.2, 0.25) is 0 Å². The number of hydrogen-bond donors (Lipinski definition) is 0. The molecule has 3 heterocycles. The van der Waals surface area contributed by atoms with Crippen molar-refractivity contribution in [3.8, 4) is 11.3 Å². The van der Waals surface area contributed by atoms with Crippen LogP contribution in [0.25, 0.3) is 17.0 Å². The minimum atomic E-state index is 0.617. The van der Waals surface area contributed by atoms with E-state index in [2.05, 4.69) is 20.1 Å². The van der Waals surface area contributed by atoms with E-state index < -0.39 is 0 Å². The highest BCUT2D eigenvalue weighted by Crippen LogP contribution is 2.17. The van der Waals surface area contributed by atoms with Gasteiger partial charge in [0.05, 0.1) is 5.69 Å². The molecule has 78 valence electrons. The zero-order chi connectivity index (χ0) is 11.0. The summed E-state index contributed by atoms with van der Waals surface area (Å²) in [5, 5.41) is 4.31. The fraction of sp³-hybridized carbons (Fsp3) is 0.0909. The topological polar surface area (TPSA) is 56.0 Å². The Morgan fingerprint density at radius 2 is 1.88 bits per heavy atom. The standard InChI is InChI=1S/C11H9N5/c1-8-14-11-13-7-4-10(16(11)15-8)9-2-5-12-6-3-9/h2-7H,1H3. The summed E-state index contributed by atoms with van der Waals surface area (Å²) in [6.45, 7) is 1.85. The molecule has 16 heavy (non-hydrogen) atoms. The monoisotopic (exact) mass is 211 g/mol. The molecule has 5 heteroatoms. The molecule has 0 aliphatic heterocycles. The molecule has 0 aliphatic rings. The van der Waals surface area contributed by atoms with Crippen LogP contribution in [0.2, 0.25) is 0 Å². The summed E-state index contributed by atoms with van der Waals surface area (Å²) in [7, 11) is 0. The van der Waals surface area contributed by atoms with Crippen LogP contribution in [0, 0.1) is 6.92 Å². The van der Waals surface area contributed by atoms with Gasteiger partial charge in [0.25, 0.3) is 5.78 Å². The molecule has 0 saturated carbocycles. The molecule has 0 atom stereocenters. The fourth-order valence-electron chi connectivity index (χ4n) is 1.64. The maximum absolute atomic E-state index is 4.31. The van der Waals surface area contributed by atoms with Crippen LogP contribution < -0.4 is 0 Å². The van der Waals surface area contributed by atoms with Crippen molar-refractivity contribution in [2.75, 3.05) is 0 Å². The summed E-state index contributed by atoms with van der Waals surface area (Å²) in [4.78, 5) is 12.4. The van der Waals surface area contributed by atoms with E-state index in [9.17, 15) is 0 Å². The van der Waals surface area contributed by atoms with Crippen LogP contribution in [0.15, 0.2) is 36.8 Å². The molecule has 5 nitrogen and oxygen atoms in total. The van der Waals surface area contributed by atoms with Crippen LogP contribution in [0.4, 0.5) is 0 Å². The Labute approximate surface area is 91.8 Å². The number of pyridine rings is 1. The molecular formula is C11H9N5. The van der Waals surface area contributed by atoms with Crippen molar-refractivity contribution in [1.82, 2.24) is 24.6 Å². The Balaban J connectivity index is 2.31. The first kappa shape index (κ1) is 8.96. The second-order valence-corrected chi connectivity index (χ2v) is 3.44. The van der Waals surface area contributed by atoms with Crippen LogP contribution in [-0.4, -0.2) is 24.6 Å². The molecule has 0 spiro atoms. The van der Waals surface area contributed by atoms with Gasteiger partial charge in [-0.25, -0.2) is 4.98 Å². The van der Waals surface area contributed by atoms with Crippen molar-refractivity contribution >= 4 is 5.78 Å². The summed E-state index contributed by atoms with van der Waals surface area (Å²) >= 11 is 0. The Bertz CT molecular complexity index is 629.